The molecule has 202 valence electrons. The van der Waals surface area contributed by atoms with E-state index in [1.54, 1.807) is 12.1 Å². The van der Waals surface area contributed by atoms with Crippen LogP contribution in [0.25, 0.3) is 11.1 Å². The minimum Gasteiger partial charge on any atom is -0.478 e. The average Bonchev–Trinajstić information content (AvgIpc) is 2.89. The fourth-order valence-corrected chi connectivity index (χ4v) is 4.06. The third-order valence-corrected chi connectivity index (χ3v) is 6.22. The van der Waals surface area contributed by atoms with Crippen LogP contribution in [0.5, 0.6) is 5.75 Å². The molecule has 6 nitrogen and oxygen atoms in total. The van der Waals surface area contributed by atoms with Crippen LogP contribution in [-0.4, -0.2) is 35.3 Å². The predicted octanol–water partition coefficient (Wildman–Crippen LogP) is 7.78. The van der Waals surface area contributed by atoms with Crippen molar-refractivity contribution >= 4 is 17.9 Å². The summed E-state index contributed by atoms with van der Waals surface area (Å²) in [7, 11) is 0. The summed E-state index contributed by atoms with van der Waals surface area (Å²) in [6, 6.07) is 10.5. The Morgan fingerprint density at radius 3 is 2.16 bits per heavy atom. The maximum absolute atomic E-state index is 14.5. The second kappa shape index (κ2) is 15.8. The average molecular weight is 515 g/mol. The van der Waals surface area contributed by atoms with Gasteiger partial charge in [-0.2, -0.15) is 0 Å². The molecule has 0 aliphatic rings. The molecule has 0 bridgehead atoms. The first-order chi connectivity index (χ1) is 17.8. The number of carbonyl (C=O) groups excluding carboxylic acids is 2. The lowest BCUT2D eigenvalue weighted by molar-refractivity contribution is -0.140. The number of carboxylic acid groups (broad SMARTS) is 1. The second-order valence-electron chi connectivity index (χ2n) is 9.36. The van der Waals surface area contributed by atoms with Gasteiger partial charge in [0.05, 0.1) is 17.2 Å². The molecule has 0 saturated heterocycles. The third-order valence-electron chi connectivity index (χ3n) is 6.22. The number of carboxylic acids is 1. The third kappa shape index (κ3) is 9.63. The van der Waals surface area contributed by atoms with Gasteiger partial charge in [-0.15, -0.1) is 0 Å². The normalized spacial score (nSPS) is 12.5. The fourth-order valence-electron chi connectivity index (χ4n) is 4.06. The number of unbranched alkanes of at least 4 members (excludes halogenated alkanes) is 6. The van der Waals surface area contributed by atoms with Gasteiger partial charge in [-0.25, -0.2) is 18.8 Å². The van der Waals surface area contributed by atoms with Crippen LogP contribution in [0.2, 0.25) is 0 Å². The lowest BCUT2D eigenvalue weighted by atomic mass is 9.97. The SMILES string of the molecule is CCCCCCCCC(F)C(=O)Oc1cccc(C(=O)O)c1-c1ccc(C(=O)OC(C)CCCC)cc1. The van der Waals surface area contributed by atoms with E-state index in [-0.39, 0.29) is 29.4 Å². The smallest absolute Gasteiger partial charge is 0.346 e. The molecule has 0 fully saturated rings. The number of carbonyl (C=O) groups is 3. The summed E-state index contributed by atoms with van der Waals surface area (Å²) in [6.07, 6.45) is 6.59. The molecule has 2 rings (SSSR count). The van der Waals surface area contributed by atoms with Crippen molar-refractivity contribution in [3.63, 3.8) is 0 Å². The van der Waals surface area contributed by atoms with Crippen molar-refractivity contribution in [2.24, 2.45) is 0 Å². The molecule has 0 aliphatic heterocycles. The number of halogens is 1. The summed E-state index contributed by atoms with van der Waals surface area (Å²) in [5.74, 6) is -2.77. The van der Waals surface area contributed by atoms with Crippen LogP contribution in [0.4, 0.5) is 4.39 Å². The standard InChI is InChI=1S/C30H39FO6/c1-4-6-8-9-10-11-15-25(31)30(35)37-26-16-12-14-24(28(32)33)27(26)22-17-19-23(20-18-22)29(34)36-21(3)13-7-5-2/h12,14,16-21,25H,4-11,13,15H2,1-3H3,(H,32,33). The number of benzene rings is 2. The van der Waals surface area contributed by atoms with E-state index in [9.17, 15) is 23.9 Å². The zero-order chi connectivity index (χ0) is 27.2. The van der Waals surface area contributed by atoms with Crippen LogP contribution in [0, 0.1) is 0 Å². The minimum absolute atomic E-state index is 0.0426. The van der Waals surface area contributed by atoms with E-state index in [4.69, 9.17) is 9.47 Å². The molecule has 37 heavy (non-hydrogen) atoms. The molecule has 0 spiro atoms. The van der Waals surface area contributed by atoms with E-state index in [1.807, 2.05) is 6.92 Å². The lowest BCUT2D eigenvalue weighted by Gasteiger charge is -2.15. The van der Waals surface area contributed by atoms with E-state index in [0.717, 1.165) is 51.4 Å². The molecule has 0 radical (unpaired) electrons. The Balaban J connectivity index is 2.15. The highest BCUT2D eigenvalue weighted by atomic mass is 19.1. The summed E-state index contributed by atoms with van der Waals surface area (Å²) in [5.41, 5.74) is 0.787. The largest absolute Gasteiger partial charge is 0.478 e. The predicted molar refractivity (Wildman–Crippen MR) is 142 cm³/mol. The van der Waals surface area contributed by atoms with Gasteiger partial charge in [-0.05, 0) is 56.0 Å². The van der Waals surface area contributed by atoms with Crippen LogP contribution < -0.4 is 4.74 Å². The first kappa shape index (κ1) is 30.0. The molecular formula is C30H39FO6. The van der Waals surface area contributed by atoms with Crippen molar-refractivity contribution in [1.29, 1.82) is 0 Å². The van der Waals surface area contributed by atoms with Gasteiger partial charge in [0.15, 0.2) is 6.17 Å². The van der Waals surface area contributed by atoms with Crippen LogP contribution in [-0.2, 0) is 9.53 Å². The Kier molecular flexibility index (Phi) is 12.8. The van der Waals surface area contributed by atoms with Gasteiger partial charge in [0.1, 0.15) is 5.75 Å². The zero-order valence-corrected chi connectivity index (χ0v) is 22.1. The van der Waals surface area contributed by atoms with Crippen molar-refractivity contribution < 1.29 is 33.4 Å². The van der Waals surface area contributed by atoms with Crippen molar-refractivity contribution in [3.8, 4) is 16.9 Å². The van der Waals surface area contributed by atoms with Crippen LogP contribution in [0.3, 0.4) is 0 Å². The molecule has 2 aromatic carbocycles. The second-order valence-corrected chi connectivity index (χ2v) is 9.36. The zero-order valence-electron chi connectivity index (χ0n) is 22.1. The van der Waals surface area contributed by atoms with Gasteiger partial charge in [0, 0.05) is 5.56 Å². The van der Waals surface area contributed by atoms with Gasteiger partial charge in [-0.3, -0.25) is 0 Å². The highest BCUT2D eigenvalue weighted by molar-refractivity contribution is 5.99. The van der Waals surface area contributed by atoms with E-state index in [2.05, 4.69) is 13.8 Å². The molecular weight excluding hydrogens is 475 g/mol. The van der Waals surface area contributed by atoms with Crippen molar-refractivity contribution in [2.45, 2.75) is 97.3 Å². The Bertz CT molecular complexity index is 1020. The van der Waals surface area contributed by atoms with Gasteiger partial charge in [0.25, 0.3) is 0 Å². The first-order valence-electron chi connectivity index (χ1n) is 13.3. The summed E-state index contributed by atoms with van der Waals surface area (Å²) in [4.78, 5) is 36.8. The molecule has 0 aromatic heterocycles. The molecule has 2 aromatic rings. The minimum atomic E-state index is -1.79. The Morgan fingerprint density at radius 2 is 1.51 bits per heavy atom. The lowest BCUT2D eigenvalue weighted by Crippen LogP contribution is -2.22. The first-order valence-corrected chi connectivity index (χ1v) is 13.3. The van der Waals surface area contributed by atoms with Gasteiger partial charge in [0.2, 0.25) is 0 Å². The van der Waals surface area contributed by atoms with Crippen molar-refractivity contribution in [3.05, 3.63) is 53.6 Å². The van der Waals surface area contributed by atoms with Gasteiger partial charge in [-0.1, -0.05) is 77.0 Å². The molecule has 1 N–H and O–H groups in total. The van der Waals surface area contributed by atoms with E-state index in [0.29, 0.717) is 17.5 Å². The molecule has 0 amide bonds. The molecule has 0 aliphatic carbocycles. The molecule has 2 atom stereocenters. The summed E-state index contributed by atoms with van der Waals surface area (Å²) < 4.78 is 25.3. The van der Waals surface area contributed by atoms with Crippen LogP contribution in [0.15, 0.2) is 42.5 Å². The Labute approximate surface area is 219 Å². The number of esters is 2. The van der Waals surface area contributed by atoms with Crippen molar-refractivity contribution in [1.82, 2.24) is 0 Å². The molecule has 2 unspecified atom stereocenters. The molecule has 0 saturated carbocycles. The highest BCUT2D eigenvalue weighted by Gasteiger charge is 2.24. The number of hydrogen-bond donors (Lipinski definition) is 1. The number of rotatable bonds is 16. The number of hydrogen-bond acceptors (Lipinski definition) is 5. The summed E-state index contributed by atoms with van der Waals surface area (Å²) in [5, 5.41) is 9.72. The van der Waals surface area contributed by atoms with Crippen LogP contribution >= 0.6 is 0 Å². The fraction of sp³-hybridized carbons (Fsp3) is 0.500. The van der Waals surface area contributed by atoms with Crippen LogP contribution in [0.1, 0.15) is 106 Å². The number of ether oxygens (including phenoxy) is 2. The van der Waals surface area contributed by atoms with Gasteiger partial charge < -0.3 is 14.6 Å². The van der Waals surface area contributed by atoms with E-state index < -0.39 is 24.1 Å². The topological polar surface area (TPSA) is 89.9 Å². The molecule has 7 heteroatoms. The van der Waals surface area contributed by atoms with Crippen molar-refractivity contribution in [2.75, 3.05) is 0 Å². The summed E-state index contributed by atoms with van der Waals surface area (Å²) in [6.45, 7) is 6.03. The summed E-state index contributed by atoms with van der Waals surface area (Å²) >= 11 is 0. The quantitative estimate of drug-likeness (QED) is 0.140. The maximum atomic E-state index is 14.5. The highest BCUT2D eigenvalue weighted by Crippen LogP contribution is 2.34. The number of alkyl halides is 1. The Morgan fingerprint density at radius 1 is 0.865 bits per heavy atom. The van der Waals surface area contributed by atoms with E-state index in [1.165, 1.54) is 30.3 Å². The number of aromatic carboxylic acids is 1. The van der Waals surface area contributed by atoms with Gasteiger partial charge >= 0.3 is 17.9 Å². The monoisotopic (exact) mass is 514 g/mol. The Hall–Kier alpha value is -3.22. The maximum Gasteiger partial charge on any atom is 0.346 e. The molecule has 0 heterocycles. The van der Waals surface area contributed by atoms with E-state index >= 15 is 0 Å².